The smallest absolute Gasteiger partial charge is 0.191 e. The Morgan fingerprint density at radius 3 is 2.48 bits per heavy atom. The van der Waals surface area contributed by atoms with Crippen LogP contribution in [0.4, 0.5) is 0 Å². The van der Waals surface area contributed by atoms with Crippen molar-refractivity contribution in [2.24, 2.45) is 16.3 Å². The van der Waals surface area contributed by atoms with Gasteiger partial charge < -0.3 is 20.1 Å². The van der Waals surface area contributed by atoms with Crippen molar-refractivity contribution in [3.8, 4) is 0 Å². The van der Waals surface area contributed by atoms with E-state index in [1.54, 1.807) is 0 Å². The maximum Gasteiger partial charge on any atom is 0.191 e. The molecule has 158 valence electrons. The van der Waals surface area contributed by atoms with Gasteiger partial charge in [0.05, 0.1) is 13.2 Å². The molecule has 0 amide bonds. The number of hydrogen-bond donors (Lipinski definition) is 2. The van der Waals surface area contributed by atoms with Gasteiger partial charge in [0.15, 0.2) is 5.96 Å². The van der Waals surface area contributed by atoms with Crippen LogP contribution in [0.2, 0.25) is 0 Å². The minimum absolute atomic E-state index is 0.369. The van der Waals surface area contributed by atoms with Crippen molar-refractivity contribution in [2.45, 2.75) is 58.9 Å². The van der Waals surface area contributed by atoms with E-state index in [1.165, 1.54) is 25.7 Å². The summed E-state index contributed by atoms with van der Waals surface area (Å²) in [6.07, 6.45) is 6.42. The molecule has 1 heterocycles. The first kappa shape index (κ1) is 22.4. The molecular weight excluding hydrogens is 340 g/mol. The van der Waals surface area contributed by atoms with Crippen LogP contribution in [-0.2, 0) is 9.47 Å². The summed E-state index contributed by atoms with van der Waals surface area (Å²) >= 11 is 0. The summed E-state index contributed by atoms with van der Waals surface area (Å²) in [6, 6.07) is 0.505. The Morgan fingerprint density at radius 1 is 1.19 bits per heavy atom. The lowest BCUT2D eigenvalue weighted by Crippen LogP contribution is -2.53. The second-order valence-electron chi connectivity index (χ2n) is 8.42. The zero-order chi connectivity index (χ0) is 19.5. The number of rotatable bonds is 10. The van der Waals surface area contributed by atoms with E-state index < -0.39 is 0 Å². The molecule has 0 aromatic carbocycles. The minimum atomic E-state index is 0.369. The van der Waals surface area contributed by atoms with Crippen LogP contribution in [0.5, 0.6) is 0 Å². The molecule has 0 spiro atoms. The summed E-state index contributed by atoms with van der Waals surface area (Å²) < 4.78 is 11.2. The maximum absolute atomic E-state index is 5.64. The Labute approximate surface area is 166 Å². The van der Waals surface area contributed by atoms with Crippen molar-refractivity contribution in [1.29, 1.82) is 0 Å². The molecule has 1 saturated heterocycles. The van der Waals surface area contributed by atoms with Gasteiger partial charge in [-0.1, -0.05) is 26.7 Å². The Hall–Kier alpha value is -0.850. The van der Waals surface area contributed by atoms with E-state index in [2.05, 4.69) is 41.3 Å². The molecular formula is C21H42N4O2. The fraction of sp³-hybridized carbons (Fsp3) is 0.952. The molecule has 2 N–H and O–H groups in total. The van der Waals surface area contributed by atoms with Crippen molar-refractivity contribution >= 4 is 5.96 Å². The largest absolute Gasteiger partial charge is 0.382 e. The molecule has 27 heavy (non-hydrogen) atoms. The van der Waals surface area contributed by atoms with E-state index in [4.69, 9.17) is 9.47 Å². The first-order valence-corrected chi connectivity index (χ1v) is 10.9. The summed E-state index contributed by atoms with van der Waals surface area (Å²) in [5, 5.41) is 7.20. The van der Waals surface area contributed by atoms with Gasteiger partial charge >= 0.3 is 0 Å². The number of ether oxygens (including phenoxy) is 2. The van der Waals surface area contributed by atoms with Gasteiger partial charge in [-0.25, -0.2) is 0 Å². The average Bonchev–Trinajstić information content (AvgIpc) is 3.14. The second kappa shape index (κ2) is 11.9. The fourth-order valence-corrected chi connectivity index (χ4v) is 4.46. The Morgan fingerprint density at radius 2 is 1.89 bits per heavy atom. The molecule has 0 radical (unpaired) electrons. The first-order chi connectivity index (χ1) is 13.1. The number of nitrogens with one attached hydrogen (secondary N) is 2. The predicted octanol–water partition coefficient (Wildman–Crippen LogP) is 2.50. The van der Waals surface area contributed by atoms with Crippen molar-refractivity contribution in [1.82, 2.24) is 15.5 Å². The van der Waals surface area contributed by atoms with Crippen molar-refractivity contribution in [2.75, 3.05) is 59.7 Å². The molecule has 0 bridgehead atoms. The minimum Gasteiger partial charge on any atom is -0.382 e. The van der Waals surface area contributed by atoms with E-state index in [1.807, 2.05) is 7.05 Å². The third-order valence-corrected chi connectivity index (χ3v) is 6.26. The molecule has 2 aliphatic rings. The Bertz CT molecular complexity index is 430. The van der Waals surface area contributed by atoms with Gasteiger partial charge in [0.2, 0.25) is 0 Å². The lowest BCUT2D eigenvalue weighted by molar-refractivity contribution is 0.00751. The molecule has 6 nitrogen and oxygen atoms in total. The quantitative estimate of drug-likeness (QED) is 0.345. The summed E-state index contributed by atoms with van der Waals surface area (Å²) in [5.41, 5.74) is 0.369. The number of guanidine groups is 1. The van der Waals surface area contributed by atoms with Crippen LogP contribution in [0.25, 0.3) is 0 Å². The lowest BCUT2D eigenvalue weighted by atomic mass is 9.83. The highest BCUT2D eigenvalue weighted by Crippen LogP contribution is 2.40. The third-order valence-electron chi connectivity index (χ3n) is 6.26. The van der Waals surface area contributed by atoms with E-state index in [-0.39, 0.29) is 0 Å². The summed E-state index contributed by atoms with van der Waals surface area (Å²) in [7, 11) is 1.87. The molecule has 1 unspecified atom stereocenters. The van der Waals surface area contributed by atoms with Gasteiger partial charge in [0, 0.05) is 52.5 Å². The molecule has 6 heteroatoms. The monoisotopic (exact) mass is 382 g/mol. The Balaban J connectivity index is 1.82. The zero-order valence-corrected chi connectivity index (χ0v) is 18.1. The van der Waals surface area contributed by atoms with Crippen LogP contribution < -0.4 is 10.6 Å². The molecule has 2 rings (SSSR count). The van der Waals surface area contributed by atoms with Gasteiger partial charge in [-0.15, -0.1) is 0 Å². The standard InChI is InChI=1S/C21H42N4O2/c1-5-26-13-10-21(8-6-7-9-21)17-24-20(22-4)23-16-19(18(2)3)25-11-14-27-15-12-25/h18-19H,5-17H2,1-4H3,(H2,22,23,24). The number of aliphatic imine (C=N–C) groups is 1. The van der Waals surface area contributed by atoms with Crippen LogP contribution >= 0.6 is 0 Å². The van der Waals surface area contributed by atoms with Crippen LogP contribution in [0.15, 0.2) is 4.99 Å². The first-order valence-electron chi connectivity index (χ1n) is 10.9. The highest BCUT2D eigenvalue weighted by molar-refractivity contribution is 5.79. The predicted molar refractivity (Wildman–Crippen MR) is 112 cm³/mol. The highest BCUT2D eigenvalue weighted by atomic mass is 16.5. The van der Waals surface area contributed by atoms with Crippen molar-refractivity contribution in [3.05, 3.63) is 0 Å². The normalized spacial score (nSPS) is 22.2. The van der Waals surface area contributed by atoms with Gasteiger partial charge in [0.25, 0.3) is 0 Å². The number of morpholine rings is 1. The molecule has 1 atom stereocenters. The molecule has 1 saturated carbocycles. The number of nitrogens with zero attached hydrogens (tertiary/aromatic N) is 2. The molecule has 2 fully saturated rings. The average molecular weight is 383 g/mol. The van der Waals surface area contributed by atoms with E-state index in [0.717, 1.165) is 65.0 Å². The number of hydrogen-bond acceptors (Lipinski definition) is 4. The SMILES string of the molecule is CCOCCC1(CNC(=NC)NCC(C(C)C)N2CCOCC2)CCCC1. The molecule has 0 aromatic rings. The van der Waals surface area contributed by atoms with Gasteiger partial charge in [-0.2, -0.15) is 0 Å². The summed E-state index contributed by atoms with van der Waals surface area (Å²) in [5.74, 6) is 1.53. The molecule has 1 aliphatic heterocycles. The van der Waals surface area contributed by atoms with Crippen LogP contribution in [-0.4, -0.2) is 76.6 Å². The van der Waals surface area contributed by atoms with Crippen LogP contribution in [0.3, 0.4) is 0 Å². The molecule has 1 aliphatic carbocycles. The summed E-state index contributed by atoms with van der Waals surface area (Å²) in [6.45, 7) is 14.0. The van der Waals surface area contributed by atoms with Crippen molar-refractivity contribution < 1.29 is 9.47 Å². The highest BCUT2D eigenvalue weighted by Gasteiger charge is 2.33. The topological polar surface area (TPSA) is 58.1 Å². The summed E-state index contributed by atoms with van der Waals surface area (Å²) in [4.78, 5) is 7.02. The maximum atomic E-state index is 5.64. The van der Waals surface area contributed by atoms with E-state index >= 15 is 0 Å². The van der Waals surface area contributed by atoms with E-state index in [0.29, 0.717) is 17.4 Å². The van der Waals surface area contributed by atoms with Gasteiger partial charge in [-0.05, 0) is 37.5 Å². The third kappa shape index (κ3) is 7.24. The lowest BCUT2D eigenvalue weighted by Gasteiger charge is -2.37. The second-order valence-corrected chi connectivity index (χ2v) is 8.42. The van der Waals surface area contributed by atoms with Crippen LogP contribution in [0, 0.1) is 11.3 Å². The van der Waals surface area contributed by atoms with Crippen LogP contribution in [0.1, 0.15) is 52.9 Å². The zero-order valence-electron chi connectivity index (χ0n) is 18.1. The van der Waals surface area contributed by atoms with Gasteiger partial charge in [-0.3, -0.25) is 9.89 Å². The fourth-order valence-electron chi connectivity index (χ4n) is 4.46. The molecule has 0 aromatic heterocycles. The van der Waals surface area contributed by atoms with Crippen molar-refractivity contribution in [3.63, 3.8) is 0 Å². The van der Waals surface area contributed by atoms with Gasteiger partial charge in [0.1, 0.15) is 0 Å². The van der Waals surface area contributed by atoms with E-state index in [9.17, 15) is 0 Å². The Kier molecular flexibility index (Phi) is 9.87.